The van der Waals surface area contributed by atoms with E-state index in [-0.39, 0.29) is 22.9 Å². The molecule has 1 unspecified atom stereocenters. The number of para-hydroxylation sites is 1. The second kappa shape index (κ2) is 7.75. The number of benzene rings is 1. The largest absolute Gasteiger partial charge is 0.484 e. The van der Waals surface area contributed by atoms with Gasteiger partial charge in [0.2, 0.25) is 0 Å². The minimum Gasteiger partial charge on any atom is -0.484 e. The van der Waals surface area contributed by atoms with Crippen molar-refractivity contribution in [2.24, 2.45) is 0 Å². The summed E-state index contributed by atoms with van der Waals surface area (Å²) in [5, 5.41) is 1.10. The van der Waals surface area contributed by atoms with Crippen LogP contribution in [0.1, 0.15) is 6.92 Å². The van der Waals surface area contributed by atoms with Gasteiger partial charge in [-0.3, -0.25) is 14.5 Å². The highest BCUT2D eigenvalue weighted by Gasteiger charge is 2.61. The molecule has 3 rings (SSSR count). The number of esters is 1. The van der Waals surface area contributed by atoms with E-state index in [1.54, 1.807) is 30.3 Å². The zero-order valence-electron chi connectivity index (χ0n) is 14.9. The molecule has 0 bridgehead atoms. The van der Waals surface area contributed by atoms with E-state index in [0.29, 0.717) is 5.75 Å². The van der Waals surface area contributed by atoms with Gasteiger partial charge in [-0.15, -0.1) is 0 Å². The van der Waals surface area contributed by atoms with Crippen molar-refractivity contribution < 1.29 is 32.9 Å². The average molecular weight is 404 g/mol. The third kappa shape index (κ3) is 3.21. The Morgan fingerprint density at radius 3 is 2.61 bits per heavy atom. The molecule has 10 nitrogen and oxygen atoms in total. The SMILES string of the molecule is COC(=O)C1=C(C)C(=[N+]=[N-])S(=O)[C@@H]2[C@H](NC(=O)COc3ccccc3)C(=O)N12. The maximum Gasteiger partial charge on any atom is 0.386 e. The Morgan fingerprint density at radius 1 is 1.32 bits per heavy atom. The number of hydrogen-bond acceptors (Lipinski definition) is 6. The van der Waals surface area contributed by atoms with Gasteiger partial charge in [0.15, 0.2) is 22.8 Å². The fraction of sp³-hybridized carbons (Fsp3) is 0.294. The zero-order valence-corrected chi connectivity index (χ0v) is 15.8. The first-order valence-corrected chi connectivity index (χ1v) is 9.34. The van der Waals surface area contributed by atoms with Crippen molar-refractivity contribution in [1.82, 2.24) is 10.2 Å². The Bertz CT molecular complexity index is 954. The van der Waals surface area contributed by atoms with Gasteiger partial charge in [0.05, 0.1) is 12.7 Å². The zero-order chi connectivity index (χ0) is 20.4. The second-order valence-electron chi connectivity index (χ2n) is 5.91. The second-order valence-corrected chi connectivity index (χ2v) is 7.38. The summed E-state index contributed by atoms with van der Waals surface area (Å²) in [6.07, 6.45) is 0. The van der Waals surface area contributed by atoms with E-state index in [2.05, 4.69) is 14.8 Å². The molecule has 1 aromatic carbocycles. The summed E-state index contributed by atoms with van der Waals surface area (Å²) in [6, 6.07) is 7.45. The number of carbonyl (C=O) groups is 3. The lowest BCUT2D eigenvalue weighted by molar-refractivity contribution is -0.152. The molecular weight excluding hydrogens is 388 g/mol. The first-order chi connectivity index (χ1) is 13.4. The van der Waals surface area contributed by atoms with E-state index >= 15 is 0 Å². The van der Waals surface area contributed by atoms with Gasteiger partial charge in [0.1, 0.15) is 17.5 Å². The molecule has 1 aromatic rings. The topological polar surface area (TPSA) is 138 Å². The van der Waals surface area contributed by atoms with Crippen LogP contribution in [0.3, 0.4) is 0 Å². The van der Waals surface area contributed by atoms with Crippen LogP contribution in [0.4, 0.5) is 0 Å². The van der Waals surface area contributed by atoms with E-state index in [4.69, 9.17) is 4.74 Å². The third-order valence-corrected chi connectivity index (χ3v) is 5.96. The Hall–Kier alpha value is -3.30. The molecule has 146 valence electrons. The highest BCUT2D eigenvalue weighted by atomic mass is 32.2. The van der Waals surface area contributed by atoms with Gasteiger partial charge in [-0.2, -0.15) is 4.79 Å². The fourth-order valence-electron chi connectivity index (χ4n) is 2.95. The van der Waals surface area contributed by atoms with Crippen LogP contribution in [0.5, 0.6) is 5.75 Å². The van der Waals surface area contributed by atoms with Gasteiger partial charge in [-0.25, -0.2) is 9.00 Å². The van der Waals surface area contributed by atoms with Crippen LogP contribution in [0.2, 0.25) is 0 Å². The standard InChI is InChI=1S/C17H16N4O6S/c1-9-13(17(24)26-2)21-15(23)12(16(21)28(25)14(9)20-18)19-11(22)8-27-10-6-4-3-5-7-10/h3-7,12,16H,8H2,1-2H3,(H,19,22)/t12-,16-,28?/m1/s1. The Morgan fingerprint density at radius 2 is 2.00 bits per heavy atom. The van der Waals surface area contributed by atoms with Crippen molar-refractivity contribution in [2.45, 2.75) is 18.3 Å². The van der Waals surface area contributed by atoms with Crippen LogP contribution in [-0.4, -0.2) is 61.9 Å². The quantitative estimate of drug-likeness (QED) is 0.305. The predicted molar refractivity (Wildman–Crippen MR) is 96.0 cm³/mol. The van der Waals surface area contributed by atoms with Gasteiger partial charge < -0.3 is 20.3 Å². The van der Waals surface area contributed by atoms with Gasteiger partial charge in [-0.05, 0) is 19.1 Å². The van der Waals surface area contributed by atoms with Gasteiger partial charge in [-0.1, -0.05) is 18.2 Å². The molecule has 0 aromatic heterocycles. The van der Waals surface area contributed by atoms with E-state index in [0.717, 1.165) is 12.0 Å². The van der Waals surface area contributed by atoms with Gasteiger partial charge >= 0.3 is 11.0 Å². The van der Waals surface area contributed by atoms with E-state index in [1.807, 2.05) is 0 Å². The third-order valence-electron chi connectivity index (χ3n) is 4.27. The number of β-lactam (4-membered cyclic amide) rings is 1. The van der Waals surface area contributed by atoms with Crippen LogP contribution >= 0.6 is 0 Å². The number of methoxy groups -OCH3 is 1. The van der Waals surface area contributed by atoms with Crippen molar-refractivity contribution in [1.29, 1.82) is 0 Å². The Kier molecular flexibility index (Phi) is 5.39. The van der Waals surface area contributed by atoms with Crippen molar-refractivity contribution in [2.75, 3.05) is 13.7 Å². The summed E-state index contributed by atoms with van der Waals surface area (Å²) in [7, 11) is -0.830. The molecule has 28 heavy (non-hydrogen) atoms. The highest BCUT2D eigenvalue weighted by Crippen LogP contribution is 2.35. The predicted octanol–water partition coefficient (Wildman–Crippen LogP) is -0.444. The molecule has 1 saturated heterocycles. The van der Waals surface area contributed by atoms with Crippen LogP contribution in [0.15, 0.2) is 41.6 Å². The summed E-state index contributed by atoms with van der Waals surface area (Å²) < 4.78 is 22.6. The number of amides is 2. The molecular formula is C17H16N4O6S. The molecule has 2 aliphatic rings. The Labute approximate surface area is 162 Å². The summed E-state index contributed by atoms with van der Waals surface area (Å²) >= 11 is 0. The number of hydrogen-bond donors (Lipinski definition) is 1. The monoisotopic (exact) mass is 404 g/mol. The molecule has 3 atom stereocenters. The van der Waals surface area contributed by atoms with Gasteiger partial charge in [0, 0.05) is 0 Å². The number of nitrogens with zero attached hydrogens (tertiary/aromatic N) is 3. The number of nitrogens with one attached hydrogen (secondary N) is 1. The van der Waals surface area contributed by atoms with Gasteiger partial charge in [0.25, 0.3) is 11.8 Å². The molecule has 0 radical (unpaired) electrons. The van der Waals surface area contributed by atoms with Crippen molar-refractivity contribution in [3.63, 3.8) is 0 Å². The van der Waals surface area contributed by atoms with Crippen LogP contribution in [0.25, 0.3) is 5.53 Å². The lowest BCUT2D eigenvalue weighted by atomic mass is 10.0. The molecule has 0 saturated carbocycles. The van der Waals surface area contributed by atoms with Crippen LogP contribution < -0.4 is 10.1 Å². The fourth-order valence-corrected chi connectivity index (χ4v) is 4.49. The highest BCUT2D eigenvalue weighted by molar-refractivity contribution is 8.01. The maximum atomic E-state index is 12.7. The molecule has 1 N–H and O–H groups in total. The summed E-state index contributed by atoms with van der Waals surface area (Å²) in [4.78, 5) is 40.7. The molecule has 11 heteroatoms. The number of fused-ring (bicyclic) bond motifs is 1. The molecule has 1 fully saturated rings. The maximum absolute atomic E-state index is 12.7. The summed E-state index contributed by atoms with van der Waals surface area (Å²) in [5.41, 5.74) is 9.07. The lowest BCUT2D eigenvalue weighted by Gasteiger charge is -2.47. The summed E-state index contributed by atoms with van der Waals surface area (Å²) in [6.45, 7) is 1.04. The first-order valence-electron chi connectivity index (χ1n) is 8.13. The van der Waals surface area contributed by atoms with Crippen molar-refractivity contribution in [3.05, 3.63) is 47.1 Å². The van der Waals surface area contributed by atoms with E-state index in [1.165, 1.54) is 6.92 Å². The van der Waals surface area contributed by atoms with E-state index in [9.17, 15) is 24.1 Å². The summed E-state index contributed by atoms with van der Waals surface area (Å²) in [5.74, 6) is -1.59. The minimum absolute atomic E-state index is 0.0643. The van der Waals surface area contributed by atoms with Crippen molar-refractivity contribution >= 4 is 33.6 Å². The van der Waals surface area contributed by atoms with Crippen LogP contribution in [0, 0.1) is 0 Å². The lowest BCUT2D eigenvalue weighted by Crippen LogP contribution is -2.74. The first kappa shape index (κ1) is 19.5. The molecule has 2 aliphatic heterocycles. The van der Waals surface area contributed by atoms with Crippen LogP contribution in [-0.2, 0) is 29.9 Å². The smallest absolute Gasteiger partial charge is 0.386 e. The number of rotatable bonds is 5. The number of carbonyl (C=O) groups excluding carboxylic acids is 3. The molecule has 2 amide bonds. The normalized spacial score (nSPS) is 23.4. The van der Waals surface area contributed by atoms with Crippen molar-refractivity contribution in [3.8, 4) is 5.75 Å². The number of ether oxygens (including phenoxy) is 2. The Balaban J connectivity index is 1.77. The average Bonchev–Trinajstić information content (AvgIpc) is 2.71. The molecule has 0 spiro atoms. The molecule has 2 heterocycles. The minimum atomic E-state index is -1.96. The van der Waals surface area contributed by atoms with E-state index < -0.39 is 40.0 Å². The molecule has 0 aliphatic carbocycles.